The van der Waals surface area contributed by atoms with Crippen molar-refractivity contribution in [3.63, 3.8) is 0 Å². The minimum atomic E-state index is -0.309. The lowest BCUT2D eigenvalue weighted by Gasteiger charge is -2.27. The van der Waals surface area contributed by atoms with Crippen LogP contribution in [0.1, 0.15) is 19.3 Å². The molecule has 1 unspecified atom stereocenters. The zero-order valence-electron chi connectivity index (χ0n) is 10.7. The third-order valence-electron chi connectivity index (χ3n) is 3.47. The molecule has 0 spiro atoms. The molecule has 2 rings (SSSR count). The largest absolute Gasteiger partial charge is 0.354 e. The van der Waals surface area contributed by atoms with Crippen molar-refractivity contribution in [2.45, 2.75) is 25.3 Å². The van der Waals surface area contributed by atoms with E-state index >= 15 is 0 Å². The number of piperazine rings is 1. The van der Waals surface area contributed by atoms with Crippen LogP contribution in [0, 0.1) is 0 Å². The van der Waals surface area contributed by atoms with Gasteiger partial charge in [-0.15, -0.1) is 0 Å². The Kier molecular flexibility index (Phi) is 4.95. The van der Waals surface area contributed by atoms with Crippen LogP contribution >= 0.6 is 0 Å². The Labute approximate surface area is 107 Å². The quantitative estimate of drug-likeness (QED) is 0.532. The second-order valence-corrected chi connectivity index (χ2v) is 4.89. The number of carbonyl (C=O) groups excluding carboxylic acids is 2. The summed E-state index contributed by atoms with van der Waals surface area (Å²) in [4.78, 5) is 25.1. The van der Waals surface area contributed by atoms with Gasteiger partial charge in [0, 0.05) is 39.1 Å². The SMILES string of the molecule is O=C1CCC(C(=O)NCCCN2CCNCC2)N1. The van der Waals surface area contributed by atoms with Crippen molar-refractivity contribution in [1.29, 1.82) is 0 Å². The number of hydrogen-bond donors (Lipinski definition) is 3. The molecule has 6 heteroatoms. The summed E-state index contributed by atoms with van der Waals surface area (Å²) in [6.45, 7) is 6.01. The Balaban J connectivity index is 1.54. The second-order valence-electron chi connectivity index (χ2n) is 4.89. The van der Waals surface area contributed by atoms with Crippen molar-refractivity contribution < 1.29 is 9.59 Å². The second kappa shape index (κ2) is 6.70. The molecule has 2 amide bonds. The average Bonchev–Trinajstić information content (AvgIpc) is 2.82. The van der Waals surface area contributed by atoms with E-state index in [4.69, 9.17) is 0 Å². The average molecular weight is 254 g/mol. The van der Waals surface area contributed by atoms with Crippen molar-refractivity contribution in [1.82, 2.24) is 20.9 Å². The highest BCUT2D eigenvalue weighted by Gasteiger charge is 2.26. The number of hydrogen-bond acceptors (Lipinski definition) is 4. The highest BCUT2D eigenvalue weighted by Crippen LogP contribution is 2.06. The first-order valence-electron chi connectivity index (χ1n) is 6.76. The zero-order valence-corrected chi connectivity index (χ0v) is 10.7. The third-order valence-corrected chi connectivity index (χ3v) is 3.47. The molecule has 0 saturated carbocycles. The summed E-state index contributed by atoms with van der Waals surface area (Å²) in [5, 5.41) is 8.88. The molecule has 2 aliphatic heterocycles. The van der Waals surface area contributed by atoms with Crippen molar-refractivity contribution >= 4 is 11.8 Å². The Hall–Kier alpha value is -1.14. The summed E-state index contributed by atoms with van der Waals surface area (Å²) in [6, 6.07) is -0.309. The normalized spacial score (nSPS) is 24.9. The van der Waals surface area contributed by atoms with Gasteiger partial charge in [0.05, 0.1) is 0 Å². The minimum absolute atomic E-state index is 0.0176. The van der Waals surface area contributed by atoms with Crippen LogP contribution in [0.2, 0.25) is 0 Å². The van der Waals surface area contributed by atoms with Crippen LogP contribution in [-0.4, -0.2) is 62.0 Å². The standard InChI is InChI=1S/C12H22N4O2/c17-11-3-2-10(15-11)12(18)14-4-1-7-16-8-5-13-6-9-16/h10,13H,1-9H2,(H,14,18)(H,15,17). The fourth-order valence-corrected chi connectivity index (χ4v) is 2.38. The molecular formula is C12H22N4O2. The van der Waals surface area contributed by atoms with Gasteiger partial charge >= 0.3 is 0 Å². The van der Waals surface area contributed by atoms with Gasteiger partial charge in [0.25, 0.3) is 0 Å². The lowest BCUT2D eigenvalue weighted by molar-refractivity contribution is -0.125. The van der Waals surface area contributed by atoms with Gasteiger partial charge in [0.1, 0.15) is 6.04 Å². The fourth-order valence-electron chi connectivity index (χ4n) is 2.38. The molecule has 6 nitrogen and oxygen atoms in total. The van der Waals surface area contributed by atoms with Gasteiger partial charge in [-0.05, 0) is 19.4 Å². The first-order chi connectivity index (χ1) is 8.75. The molecule has 0 radical (unpaired) electrons. The van der Waals surface area contributed by atoms with E-state index in [-0.39, 0.29) is 17.9 Å². The van der Waals surface area contributed by atoms with Crippen LogP contribution in [0.25, 0.3) is 0 Å². The summed E-state index contributed by atoms with van der Waals surface area (Å²) >= 11 is 0. The molecule has 3 N–H and O–H groups in total. The first-order valence-corrected chi connectivity index (χ1v) is 6.76. The Morgan fingerprint density at radius 1 is 1.39 bits per heavy atom. The monoisotopic (exact) mass is 254 g/mol. The van der Waals surface area contributed by atoms with E-state index < -0.39 is 0 Å². The maximum absolute atomic E-state index is 11.7. The smallest absolute Gasteiger partial charge is 0.242 e. The molecule has 2 saturated heterocycles. The number of nitrogens with one attached hydrogen (secondary N) is 3. The van der Waals surface area contributed by atoms with E-state index in [1.165, 1.54) is 0 Å². The molecule has 0 aromatic heterocycles. The van der Waals surface area contributed by atoms with Crippen molar-refractivity contribution in [2.75, 3.05) is 39.3 Å². The number of rotatable bonds is 5. The van der Waals surface area contributed by atoms with Gasteiger partial charge in [0.2, 0.25) is 11.8 Å². The Morgan fingerprint density at radius 3 is 2.83 bits per heavy atom. The highest BCUT2D eigenvalue weighted by molar-refractivity contribution is 5.90. The zero-order chi connectivity index (χ0) is 12.8. The van der Waals surface area contributed by atoms with Crippen LogP contribution in [0.3, 0.4) is 0 Å². The van der Waals surface area contributed by atoms with Crippen LogP contribution in [0.4, 0.5) is 0 Å². The van der Waals surface area contributed by atoms with E-state index in [1.807, 2.05) is 0 Å². The summed E-state index contributed by atoms with van der Waals surface area (Å²) in [5.41, 5.74) is 0. The van der Waals surface area contributed by atoms with Crippen LogP contribution in [0.15, 0.2) is 0 Å². The van der Waals surface area contributed by atoms with Gasteiger partial charge in [0.15, 0.2) is 0 Å². The van der Waals surface area contributed by atoms with Crippen LogP contribution < -0.4 is 16.0 Å². The number of nitrogens with zero attached hydrogens (tertiary/aromatic N) is 1. The van der Waals surface area contributed by atoms with E-state index in [0.717, 1.165) is 39.1 Å². The van der Waals surface area contributed by atoms with E-state index in [1.54, 1.807) is 0 Å². The highest BCUT2D eigenvalue weighted by atomic mass is 16.2. The molecular weight excluding hydrogens is 232 g/mol. The van der Waals surface area contributed by atoms with Gasteiger partial charge in [-0.1, -0.05) is 0 Å². The molecule has 102 valence electrons. The predicted octanol–water partition coefficient (Wildman–Crippen LogP) is -1.32. The van der Waals surface area contributed by atoms with Crippen molar-refractivity contribution in [3.05, 3.63) is 0 Å². The topological polar surface area (TPSA) is 73.5 Å². The summed E-state index contributed by atoms with van der Waals surface area (Å²) in [6.07, 6.45) is 2.06. The maximum Gasteiger partial charge on any atom is 0.242 e. The summed E-state index contributed by atoms with van der Waals surface area (Å²) in [7, 11) is 0. The van der Waals surface area contributed by atoms with Gasteiger partial charge in [-0.3, -0.25) is 9.59 Å². The van der Waals surface area contributed by atoms with E-state index in [2.05, 4.69) is 20.9 Å². The molecule has 2 heterocycles. The van der Waals surface area contributed by atoms with E-state index in [0.29, 0.717) is 19.4 Å². The van der Waals surface area contributed by atoms with Crippen molar-refractivity contribution in [2.24, 2.45) is 0 Å². The molecule has 0 aromatic rings. The van der Waals surface area contributed by atoms with Gasteiger partial charge in [-0.2, -0.15) is 0 Å². The molecule has 0 aromatic carbocycles. The molecule has 2 fully saturated rings. The lowest BCUT2D eigenvalue weighted by Crippen LogP contribution is -2.45. The van der Waals surface area contributed by atoms with E-state index in [9.17, 15) is 9.59 Å². The first kappa shape index (κ1) is 13.3. The van der Waals surface area contributed by atoms with Gasteiger partial charge < -0.3 is 20.9 Å². The molecule has 18 heavy (non-hydrogen) atoms. The fraction of sp³-hybridized carbons (Fsp3) is 0.833. The summed E-state index contributed by atoms with van der Waals surface area (Å²) in [5.74, 6) is -0.0582. The molecule has 0 bridgehead atoms. The number of carbonyl (C=O) groups is 2. The number of amides is 2. The molecule has 0 aliphatic carbocycles. The Bertz CT molecular complexity index is 302. The van der Waals surface area contributed by atoms with Crippen molar-refractivity contribution in [3.8, 4) is 0 Å². The molecule has 1 atom stereocenters. The lowest BCUT2D eigenvalue weighted by atomic mass is 10.2. The van der Waals surface area contributed by atoms with Crippen LogP contribution in [-0.2, 0) is 9.59 Å². The summed E-state index contributed by atoms with van der Waals surface area (Å²) < 4.78 is 0. The Morgan fingerprint density at radius 2 is 2.17 bits per heavy atom. The van der Waals surface area contributed by atoms with Gasteiger partial charge in [-0.25, -0.2) is 0 Å². The maximum atomic E-state index is 11.7. The predicted molar refractivity (Wildman–Crippen MR) is 68.1 cm³/mol. The molecule has 2 aliphatic rings. The van der Waals surface area contributed by atoms with Crippen LogP contribution in [0.5, 0.6) is 0 Å². The minimum Gasteiger partial charge on any atom is -0.354 e. The third kappa shape index (κ3) is 3.96.